The fourth-order valence-electron chi connectivity index (χ4n) is 2.83. The molecule has 0 saturated heterocycles. The van der Waals surface area contributed by atoms with Crippen molar-refractivity contribution in [3.63, 3.8) is 0 Å². The van der Waals surface area contributed by atoms with Gasteiger partial charge in [0, 0.05) is 19.2 Å². The van der Waals surface area contributed by atoms with Crippen LogP contribution >= 0.6 is 0 Å². The van der Waals surface area contributed by atoms with Crippen molar-refractivity contribution >= 4 is 5.97 Å². The summed E-state index contributed by atoms with van der Waals surface area (Å²) in [7, 11) is 1.72. The summed E-state index contributed by atoms with van der Waals surface area (Å²) in [4.78, 5) is 15.6. The molecule has 0 atom stereocenters. The van der Waals surface area contributed by atoms with Gasteiger partial charge in [0.1, 0.15) is 11.6 Å². The van der Waals surface area contributed by atoms with Crippen LogP contribution in [0.1, 0.15) is 30.8 Å². The number of carboxylic acid groups (broad SMARTS) is 1. The van der Waals surface area contributed by atoms with Crippen LogP contribution in [0.4, 0.5) is 13.2 Å². The normalized spacial score (nSPS) is 12.1. The molecular formula is C22H23F3N4O3. The quantitative estimate of drug-likeness (QED) is 0.541. The van der Waals surface area contributed by atoms with Gasteiger partial charge >= 0.3 is 12.1 Å². The van der Waals surface area contributed by atoms with E-state index in [1.54, 1.807) is 23.9 Å². The fourth-order valence-corrected chi connectivity index (χ4v) is 2.83. The van der Waals surface area contributed by atoms with E-state index in [0.717, 1.165) is 17.7 Å². The Kier molecular flexibility index (Phi) is 6.54. The van der Waals surface area contributed by atoms with E-state index < -0.39 is 23.3 Å². The monoisotopic (exact) mass is 448 g/mol. The summed E-state index contributed by atoms with van der Waals surface area (Å²) >= 11 is 0. The van der Waals surface area contributed by atoms with Crippen LogP contribution < -0.4 is 10.1 Å². The van der Waals surface area contributed by atoms with Crippen LogP contribution in [0.5, 0.6) is 5.75 Å². The molecule has 3 aromatic rings. The van der Waals surface area contributed by atoms with Gasteiger partial charge in [0.25, 0.3) is 0 Å². The molecule has 0 saturated carbocycles. The second-order valence-corrected chi connectivity index (χ2v) is 7.72. The Morgan fingerprint density at radius 3 is 2.25 bits per heavy atom. The van der Waals surface area contributed by atoms with Gasteiger partial charge in [-0.2, -0.15) is 18.3 Å². The molecule has 170 valence electrons. The van der Waals surface area contributed by atoms with Gasteiger partial charge in [-0.15, -0.1) is 0 Å². The Bertz CT molecular complexity index is 1080. The number of nitrogens with zero attached hydrogens (tertiary/aromatic N) is 3. The van der Waals surface area contributed by atoms with Crippen molar-refractivity contribution in [2.75, 3.05) is 0 Å². The maximum absolute atomic E-state index is 12.7. The molecule has 1 aromatic heterocycles. The van der Waals surface area contributed by atoms with Crippen molar-refractivity contribution in [1.82, 2.24) is 20.1 Å². The number of carbonyl (C=O) groups is 1. The summed E-state index contributed by atoms with van der Waals surface area (Å²) in [5, 5.41) is 16.6. The second kappa shape index (κ2) is 8.99. The highest BCUT2D eigenvalue weighted by molar-refractivity contribution is 5.76. The number of aromatic nitrogens is 3. The van der Waals surface area contributed by atoms with E-state index in [2.05, 4.69) is 15.4 Å². The molecule has 0 aliphatic rings. The first-order valence-corrected chi connectivity index (χ1v) is 9.75. The summed E-state index contributed by atoms with van der Waals surface area (Å²) in [5.41, 5.74) is -0.590. The lowest BCUT2D eigenvalue weighted by molar-refractivity contribution is -0.152. The minimum Gasteiger partial charge on any atom is -0.478 e. The number of alkyl halides is 3. The van der Waals surface area contributed by atoms with Gasteiger partial charge in [-0.05, 0) is 43.7 Å². The van der Waals surface area contributed by atoms with E-state index >= 15 is 0 Å². The second-order valence-electron chi connectivity index (χ2n) is 7.72. The van der Waals surface area contributed by atoms with E-state index in [4.69, 9.17) is 9.84 Å². The number of benzene rings is 2. The molecule has 7 nitrogen and oxygen atoms in total. The molecule has 0 spiro atoms. The van der Waals surface area contributed by atoms with Crippen LogP contribution in [-0.2, 0) is 31.1 Å². The number of ether oxygens (including phenoxy) is 1. The Morgan fingerprint density at radius 1 is 1.06 bits per heavy atom. The summed E-state index contributed by atoms with van der Waals surface area (Å²) in [5.74, 6) is 0.377. The number of nitrogens with one attached hydrogen (secondary N) is 1. The number of hydrogen-bond donors (Lipinski definition) is 2. The lowest BCUT2D eigenvalue weighted by Gasteiger charge is -2.21. The lowest BCUT2D eigenvalue weighted by atomic mass is 10.1. The first-order valence-electron chi connectivity index (χ1n) is 9.75. The van der Waals surface area contributed by atoms with Crippen molar-refractivity contribution in [3.8, 4) is 17.1 Å². The smallest absolute Gasteiger partial charge is 0.416 e. The molecule has 0 bridgehead atoms. The van der Waals surface area contributed by atoms with Gasteiger partial charge in [0.15, 0.2) is 11.4 Å². The van der Waals surface area contributed by atoms with Crippen molar-refractivity contribution in [1.29, 1.82) is 0 Å². The average Bonchev–Trinajstić information content (AvgIpc) is 3.09. The zero-order valence-electron chi connectivity index (χ0n) is 17.8. The topological polar surface area (TPSA) is 89.3 Å². The van der Waals surface area contributed by atoms with E-state index in [-0.39, 0.29) is 0 Å². The molecule has 0 aliphatic carbocycles. The highest BCUT2D eigenvalue weighted by Gasteiger charge is 2.30. The van der Waals surface area contributed by atoms with Crippen molar-refractivity contribution in [2.24, 2.45) is 7.05 Å². The zero-order valence-corrected chi connectivity index (χ0v) is 17.8. The van der Waals surface area contributed by atoms with Gasteiger partial charge in [0.05, 0.1) is 12.1 Å². The van der Waals surface area contributed by atoms with Gasteiger partial charge in [-0.25, -0.2) is 9.78 Å². The Morgan fingerprint density at radius 2 is 1.69 bits per heavy atom. The molecule has 0 amide bonds. The third-order valence-electron chi connectivity index (χ3n) is 4.75. The predicted octanol–water partition coefficient (Wildman–Crippen LogP) is 4.03. The first-order chi connectivity index (χ1) is 15.0. The summed E-state index contributed by atoms with van der Waals surface area (Å²) in [6.45, 7) is 3.87. The molecular weight excluding hydrogens is 425 g/mol. The molecule has 0 radical (unpaired) electrons. The number of aryl methyl sites for hydroxylation is 1. The van der Waals surface area contributed by atoms with Crippen LogP contribution in [0.3, 0.4) is 0 Å². The maximum Gasteiger partial charge on any atom is 0.416 e. The highest BCUT2D eigenvalue weighted by atomic mass is 19.4. The number of hydrogen-bond acceptors (Lipinski definition) is 5. The van der Waals surface area contributed by atoms with Crippen molar-refractivity contribution < 1.29 is 27.8 Å². The number of halogens is 3. The third kappa shape index (κ3) is 5.64. The minimum absolute atomic E-state index is 0.348. The molecule has 0 unspecified atom stereocenters. The van der Waals surface area contributed by atoms with Crippen LogP contribution in [0.25, 0.3) is 11.4 Å². The van der Waals surface area contributed by atoms with Crippen LogP contribution in [-0.4, -0.2) is 31.4 Å². The summed E-state index contributed by atoms with van der Waals surface area (Å²) in [6.07, 6.45) is -4.39. The van der Waals surface area contributed by atoms with Crippen molar-refractivity contribution in [2.45, 2.75) is 38.7 Å². The van der Waals surface area contributed by atoms with E-state index in [1.807, 2.05) is 12.1 Å². The number of carboxylic acids is 1. The van der Waals surface area contributed by atoms with E-state index in [1.165, 1.54) is 26.0 Å². The first kappa shape index (κ1) is 23.3. The standard InChI is InChI=1S/C22H23F3N4O3/c1-21(2,20(30)31)32-17-10-4-14(5-11-17)12-26-13-18-27-19(28-29(18)3)15-6-8-16(9-7-15)22(23,24)25/h4-11,26H,12-13H2,1-3H3,(H,30,31). The largest absolute Gasteiger partial charge is 0.478 e. The van der Waals surface area contributed by atoms with Crippen LogP contribution in [0.2, 0.25) is 0 Å². The van der Waals surface area contributed by atoms with E-state index in [0.29, 0.717) is 36.1 Å². The summed E-state index contributed by atoms with van der Waals surface area (Å²) < 4.78 is 45.2. The third-order valence-corrected chi connectivity index (χ3v) is 4.75. The predicted molar refractivity (Wildman–Crippen MR) is 111 cm³/mol. The van der Waals surface area contributed by atoms with Gasteiger partial charge < -0.3 is 15.2 Å². The highest BCUT2D eigenvalue weighted by Crippen LogP contribution is 2.30. The van der Waals surface area contributed by atoms with Crippen LogP contribution in [0.15, 0.2) is 48.5 Å². The van der Waals surface area contributed by atoms with Gasteiger partial charge in [0.2, 0.25) is 0 Å². The molecule has 0 fully saturated rings. The van der Waals surface area contributed by atoms with E-state index in [9.17, 15) is 18.0 Å². The summed E-state index contributed by atoms with van der Waals surface area (Å²) in [6, 6.07) is 11.8. The molecule has 32 heavy (non-hydrogen) atoms. The Hall–Kier alpha value is -3.40. The Labute approximate surface area is 182 Å². The van der Waals surface area contributed by atoms with Gasteiger partial charge in [-0.3, -0.25) is 4.68 Å². The molecule has 1 heterocycles. The molecule has 2 N–H and O–H groups in total. The SMILES string of the molecule is Cn1nc(-c2ccc(C(F)(F)F)cc2)nc1CNCc1ccc(OC(C)(C)C(=O)O)cc1. The molecule has 2 aromatic carbocycles. The van der Waals surface area contributed by atoms with Crippen molar-refractivity contribution in [3.05, 3.63) is 65.5 Å². The fraction of sp³-hybridized carbons (Fsp3) is 0.318. The molecule has 3 rings (SSSR count). The Balaban J connectivity index is 1.58. The van der Waals surface area contributed by atoms with Crippen LogP contribution in [0, 0.1) is 0 Å². The molecule has 10 heteroatoms. The number of aliphatic carboxylic acids is 1. The minimum atomic E-state index is -4.39. The van der Waals surface area contributed by atoms with Gasteiger partial charge in [-0.1, -0.05) is 24.3 Å². The molecule has 0 aliphatic heterocycles. The average molecular weight is 448 g/mol. The number of rotatable bonds is 8. The zero-order chi connectivity index (χ0) is 23.5. The maximum atomic E-state index is 12.7. The lowest BCUT2D eigenvalue weighted by Crippen LogP contribution is -2.37.